The van der Waals surface area contributed by atoms with E-state index >= 15 is 0 Å². The van der Waals surface area contributed by atoms with E-state index in [9.17, 15) is 0 Å². The molecule has 0 amide bonds. The van der Waals surface area contributed by atoms with Gasteiger partial charge in [0.15, 0.2) is 0 Å². The van der Waals surface area contributed by atoms with E-state index in [1.54, 1.807) is 11.3 Å². The van der Waals surface area contributed by atoms with Gasteiger partial charge in [-0.3, -0.25) is 0 Å². The molecule has 1 atom stereocenters. The van der Waals surface area contributed by atoms with Crippen LogP contribution in [0.15, 0.2) is 35.0 Å². The fourth-order valence-electron chi connectivity index (χ4n) is 1.84. The molecule has 16 heavy (non-hydrogen) atoms. The average Bonchev–Trinajstić information content (AvgIpc) is 2.74. The maximum absolute atomic E-state index is 3.80. The predicted octanol–water partition coefficient (Wildman–Crippen LogP) is 5.04. The molecule has 0 saturated carbocycles. The van der Waals surface area contributed by atoms with Crippen LogP contribution in [0, 0.1) is 13.8 Å². The van der Waals surface area contributed by atoms with E-state index in [4.69, 9.17) is 0 Å². The Morgan fingerprint density at radius 2 is 2.06 bits per heavy atom. The molecule has 1 heterocycles. The zero-order valence-electron chi connectivity index (χ0n) is 9.53. The van der Waals surface area contributed by atoms with Crippen molar-refractivity contribution in [3.05, 3.63) is 57.3 Å². The highest BCUT2D eigenvalue weighted by Crippen LogP contribution is 2.31. The predicted molar refractivity (Wildman–Crippen MR) is 75.6 cm³/mol. The fraction of sp³-hybridized carbons (Fsp3) is 0.286. The van der Waals surface area contributed by atoms with E-state index in [1.165, 1.54) is 22.3 Å². The summed E-state index contributed by atoms with van der Waals surface area (Å²) in [5.41, 5.74) is 5.59. The second-order valence-electron chi connectivity index (χ2n) is 4.09. The largest absolute Gasteiger partial charge is 0.152 e. The van der Waals surface area contributed by atoms with Gasteiger partial charge < -0.3 is 0 Å². The van der Waals surface area contributed by atoms with Gasteiger partial charge in [0.1, 0.15) is 0 Å². The van der Waals surface area contributed by atoms with Crippen LogP contribution in [0.1, 0.15) is 27.1 Å². The molecule has 0 bridgehead atoms. The van der Waals surface area contributed by atoms with Crippen LogP contribution in [-0.2, 0) is 6.42 Å². The summed E-state index contributed by atoms with van der Waals surface area (Å²) >= 11 is 5.56. The van der Waals surface area contributed by atoms with Gasteiger partial charge in [0.2, 0.25) is 0 Å². The van der Waals surface area contributed by atoms with Crippen LogP contribution in [0.25, 0.3) is 0 Å². The first-order chi connectivity index (χ1) is 7.68. The minimum absolute atomic E-state index is 0.419. The van der Waals surface area contributed by atoms with Crippen molar-refractivity contribution in [1.82, 2.24) is 0 Å². The number of alkyl halides is 1. The molecule has 1 aromatic carbocycles. The lowest BCUT2D eigenvalue weighted by molar-refractivity contribution is 0.939. The van der Waals surface area contributed by atoms with E-state index in [2.05, 4.69) is 64.8 Å². The number of halogens is 1. The number of rotatable bonds is 3. The van der Waals surface area contributed by atoms with Gasteiger partial charge in [0.05, 0.1) is 0 Å². The molecule has 2 rings (SSSR count). The molecule has 2 aromatic rings. The van der Waals surface area contributed by atoms with Crippen LogP contribution in [0.3, 0.4) is 0 Å². The van der Waals surface area contributed by atoms with Gasteiger partial charge in [-0.2, -0.15) is 11.3 Å². The Hall–Kier alpha value is -0.600. The second-order valence-corrected chi connectivity index (χ2v) is 5.98. The molecule has 1 aromatic heterocycles. The molecule has 0 aliphatic heterocycles. The second kappa shape index (κ2) is 5.15. The third kappa shape index (κ3) is 2.55. The Labute approximate surface area is 109 Å². The molecule has 0 radical (unpaired) electrons. The van der Waals surface area contributed by atoms with Crippen molar-refractivity contribution < 1.29 is 0 Å². The lowest BCUT2D eigenvalue weighted by Crippen LogP contribution is -1.98. The number of benzene rings is 1. The monoisotopic (exact) mass is 294 g/mol. The summed E-state index contributed by atoms with van der Waals surface area (Å²) in [6, 6.07) is 8.72. The summed E-state index contributed by atoms with van der Waals surface area (Å²) in [7, 11) is 0. The Bertz CT molecular complexity index is 460. The summed E-state index contributed by atoms with van der Waals surface area (Å²) in [4.78, 5) is 0.419. The molecule has 0 fully saturated rings. The number of aryl methyl sites for hydroxylation is 1. The summed E-state index contributed by atoms with van der Waals surface area (Å²) in [5.74, 6) is 0. The average molecular weight is 295 g/mol. The van der Waals surface area contributed by atoms with Crippen LogP contribution >= 0.6 is 27.3 Å². The zero-order valence-corrected chi connectivity index (χ0v) is 11.9. The van der Waals surface area contributed by atoms with E-state index in [1.807, 2.05) is 0 Å². The molecule has 2 heteroatoms. The first kappa shape index (κ1) is 11.9. The van der Waals surface area contributed by atoms with Crippen molar-refractivity contribution in [1.29, 1.82) is 0 Å². The number of hydrogen-bond donors (Lipinski definition) is 0. The SMILES string of the molecule is Cc1cccc(C(Br)Cc2ccsc2)c1C. The molecular formula is C14H15BrS. The summed E-state index contributed by atoms with van der Waals surface area (Å²) < 4.78 is 0. The molecule has 1 unspecified atom stereocenters. The van der Waals surface area contributed by atoms with Crippen molar-refractivity contribution in [2.75, 3.05) is 0 Å². The maximum atomic E-state index is 3.80. The number of hydrogen-bond acceptors (Lipinski definition) is 1. The first-order valence-electron chi connectivity index (χ1n) is 5.39. The lowest BCUT2D eigenvalue weighted by atomic mass is 9.98. The van der Waals surface area contributed by atoms with Gasteiger partial charge in [-0.1, -0.05) is 34.1 Å². The van der Waals surface area contributed by atoms with E-state index < -0.39 is 0 Å². The topological polar surface area (TPSA) is 0 Å². The fourth-order valence-corrected chi connectivity index (χ4v) is 3.39. The van der Waals surface area contributed by atoms with Gasteiger partial charge in [-0.05, 0) is 59.3 Å². The Morgan fingerprint density at radius 1 is 1.25 bits per heavy atom. The van der Waals surface area contributed by atoms with Crippen molar-refractivity contribution in [2.24, 2.45) is 0 Å². The van der Waals surface area contributed by atoms with Crippen LogP contribution in [0.5, 0.6) is 0 Å². The van der Waals surface area contributed by atoms with Crippen molar-refractivity contribution in [3.8, 4) is 0 Å². The van der Waals surface area contributed by atoms with E-state index in [0.29, 0.717) is 4.83 Å². The molecule has 84 valence electrons. The highest BCUT2D eigenvalue weighted by Gasteiger charge is 2.11. The Kier molecular flexibility index (Phi) is 3.82. The standard InChI is InChI=1S/C14H15BrS/c1-10-4-3-5-13(11(10)2)14(15)8-12-6-7-16-9-12/h3-7,9,14H,8H2,1-2H3. The third-order valence-corrected chi connectivity index (χ3v) is 4.53. The summed E-state index contributed by atoms with van der Waals surface area (Å²) in [6.07, 6.45) is 1.06. The lowest BCUT2D eigenvalue weighted by Gasteiger charge is -2.14. The quantitative estimate of drug-likeness (QED) is 0.696. The van der Waals surface area contributed by atoms with E-state index in [-0.39, 0.29) is 0 Å². The van der Waals surface area contributed by atoms with Crippen LogP contribution in [-0.4, -0.2) is 0 Å². The van der Waals surface area contributed by atoms with E-state index in [0.717, 1.165) is 6.42 Å². The normalized spacial score (nSPS) is 12.7. The highest BCUT2D eigenvalue weighted by atomic mass is 79.9. The van der Waals surface area contributed by atoms with Gasteiger partial charge in [-0.15, -0.1) is 0 Å². The molecule has 0 spiro atoms. The molecule has 0 N–H and O–H groups in total. The molecule has 0 saturated heterocycles. The van der Waals surface area contributed by atoms with Gasteiger partial charge in [0, 0.05) is 4.83 Å². The maximum Gasteiger partial charge on any atom is 0.0438 e. The van der Waals surface area contributed by atoms with Crippen molar-refractivity contribution in [2.45, 2.75) is 25.1 Å². The minimum atomic E-state index is 0.419. The summed E-state index contributed by atoms with van der Waals surface area (Å²) in [6.45, 7) is 4.37. The summed E-state index contributed by atoms with van der Waals surface area (Å²) in [5, 5.41) is 4.36. The van der Waals surface area contributed by atoms with Crippen LogP contribution < -0.4 is 0 Å². The molecule has 0 aliphatic rings. The Morgan fingerprint density at radius 3 is 2.75 bits per heavy atom. The Balaban J connectivity index is 2.21. The zero-order chi connectivity index (χ0) is 11.5. The first-order valence-corrected chi connectivity index (χ1v) is 7.25. The minimum Gasteiger partial charge on any atom is -0.152 e. The van der Waals surface area contributed by atoms with Gasteiger partial charge in [-0.25, -0.2) is 0 Å². The highest BCUT2D eigenvalue weighted by molar-refractivity contribution is 9.09. The van der Waals surface area contributed by atoms with Crippen LogP contribution in [0.2, 0.25) is 0 Å². The third-order valence-electron chi connectivity index (χ3n) is 2.98. The number of thiophene rings is 1. The molecular weight excluding hydrogens is 280 g/mol. The smallest absolute Gasteiger partial charge is 0.0438 e. The van der Waals surface area contributed by atoms with Crippen molar-refractivity contribution >= 4 is 27.3 Å². The van der Waals surface area contributed by atoms with Crippen LogP contribution in [0.4, 0.5) is 0 Å². The van der Waals surface area contributed by atoms with Crippen molar-refractivity contribution in [3.63, 3.8) is 0 Å². The van der Waals surface area contributed by atoms with Gasteiger partial charge >= 0.3 is 0 Å². The van der Waals surface area contributed by atoms with Gasteiger partial charge in [0.25, 0.3) is 0 Å². The molecule has 0 nitrogen and oxygen atoms in total. The molecule has 0 aliphatic carbocycles.